The average molecular weight is 249 g/mol. The second-order valence-electron chi connectivity index (χ2n) is 2.82. The molecule has 1 aromatic carbocycles. The molecule has 0 aliphatic rings. The number of hydrogen-bond acceptors (Lipinski definition) is 3. The van der Waals surface area contributed by atoms with Crippen LogP contribution in [0.2, 0.25) is 10.0 Å². The molecular weight excluding hydrogens is 239 g/mol. The summed E-state index contributed by atoms with van der Waals surface area (Å²) in [6.07, 6.45) is 0.0694. The Kier molecular flexibility index (Phi) is 4.20. The highest BCUT2D eigenvalue weighted by Gasteiger charge is 2.12. The number of ether oxygens (including phenoxy) is 1. The van der Waals surface area contributed by atoms with Crippen LogP contribution in [0.15, 0.2) is 12.1 Å². The van der Waals surface area contributed by atoms with Gasteiger partial charge in [0.2, 0.25) is 5.91 Å². The van der Waals surface area contributed by atoms with Crippen LogP contribution in [0.1, 0.15) is 5.56 Å². The van der Waals surface area contributed by atoms with Crippen LogP contribution in [-0.4, -0.2) is 13.0 Å². The number of carbonyl (C=O) groups is 1. The molecule has 0 fully saturated rings. The quantitative estimate of drug-likeness (QED) is 0.485. The number of benzene rings is 1. The summed E-state index contributed by atoms with van der Waals surface area (Å²) >= 11 is 11.7. The highest BCUT2D eigenvalue weighted by molar-refractivity contribution is 6.35. The Morgan fingerprint density at radius 2 is 2.20 bits per heavy atom. The molecule has 3 N–H and O–H groups in total. The Morgan fingerprint density at radius 1 is 1.53 bits per heavy atom. The molecule has 6 heteroatoms. The molecule has 0 unspecified atom stereocenters. The van der Waals surface area contributed by atoms with Gasteiger partial charge in [0.1, 0.15) is 5.75 Å². The van der Waals surface area contributed by atoms with Crippen molar-refractivity contribution in [2.24, 2.45) is 5.84 Å². The van der Waals surface area contributed by atoms with E-state index in [4.69, 9.17) is 33.8 Å². The summed E-state index contributed by atoms with van der Waals surface area (Å²) in [4.78, 5) is 11.1. The minimum Gasteiger partial charge on any atom is -0.495 e. The van der Waals surface area contributed by atoms with E-state index in [-0.39, 0.29) is 12.3 Å². The van der Waals surface area contributed by atoms with Crippen LogP contribution < -0.4 is 16.0 Å². The molecular formula is C9H10Cl2N2O2. The first-order valence-corrected chi connectivity index (χ1v) is 4.85. The van der Waals surface area contributed by atoms with Crippen LogP contribution in [-0.2, 0) is 11.2 Å². The van der Waals surface area contributed by atoms with Gasteiger partial charge in [-0.3, -0.25) is 10.2 Å². The minimum atomic E-state index is -0.341. The molecule has 1 amide bonds. The van der Waals surface area contributed by atoms with Crippen LogP contribution in [0.3, 0.4) is 0 Å². The van der Waals surface area contributed by atoms with Gasteiger partial charge in [0.05, 0.1) is 18.6 Å². The number of nitrogens with one attached hydrogen (secondary N) is 1. The fourth-order valence-electron chi connectivity index (χ4n) is 1.20. The van der Waals surface area contributed by atoms with Crippen molar-refractivity contribution in [1.82, 2.24) is 5.43 Å². The maximum absolute atomic E-state index is 11.1. The van der Waals surface area contributed by atoms with E-state index in [2.05, 4.69) is 0 Å². The lowest BCUT2D eigenvalue weighted by molar-refractivity contribution is -0.120. The van der Waals surface area contributed by atoms with E-state index in [0.29, 0.717) is 21.4 Å². The summed E-state index contributed by atoms with van der Waals surface area (Å²) in [6.45, 7) is 0. The van der Waals surface area contributed by atoms with Crippen molar-refractivity contribution in [1.29, 1.82) is 0 Å². The molecule has 0 aliphatic heterocycles. The van der Waals surface area contributed by atoms with Gasteiger partial charge in [0, 0.05) is 10.6 Å². The lowest BCUT2D eigenvalue weighted by atomic mass is 10.1. The summed E-state index contributed by atoms with van der Waals surface area (Å²) < 4.78 is 5.07. The van der Waals surface area contributed by atoms with E-state index in [1.54, 1.807) is 12.1 Å². The van der Waals surface area contributed by atoms with Crippen LogP contribution >= 0.6 is 23.2 Å². The molecule has 0 aliphatic carbocycles. The number of methoxy groups -OCH3 is 1. The third-order valence-corrected chi connectivity index (χ3v) is 2.30. The molecule has 0 saturated heterocycles. The van der Waals surface area contributed by atoms with Crippen LogP contribution in [0.5, 0.6) is 5.75 Å². The van der Waals surface area contributed by atoms with Crippen molar-refractivity contribution in [2.75, 3.05) is 7.11 Å². The topological polar surface area (TPSA) is 64.3 Å². The molecule has 0 bridgehead atoms. The third-order valence-electron chi connectivity index (χ3n) is 1.80. The van der Waals surface area contributed by atoms with Gasteiger partial charge >= 0.3 is 0 Å². The molecule has 82 valence electrons. The van der Waals surface area contributed by atoms with E-state index in [9.17, 15) is 4.79 Å². The van der Waals surface area contributed by atoms with Crippen LogP contribution in [0, 0.1) is 0 Å². The Morgan fingerprint density at radius 3 is 2.73 bits per heavy atom. The van der Waals surface area contributed by atoms with Crippen molar-refractivity contribution < 1.29 is 9.53 Å². The first-order chi connectivity index (χ1) is 7.08. The molecule has 0 spiro atoms. The van der Waals surface area contributed by atoms with Crippen molar-refractivity contribution in [3.63, 3.8) is 0 Å². The zero-order chi connectivity index (χ0) is 11.4. The van der Waals surface area contributed by atoms with Gasteiger partial charge < -0.3 is 4.74 Å². The predicted octanol–water partition coefficient (Wildman–Crippen LogP) is 1.53. The smallest absolute Gasteiger partial charge is 0.238 e. The van der Waals surface area contributed by atoms with E-state index >= 15 is 0 Å². The Labute approximate surface area is 97.3 Å². The molecule has 0 heterocycles. The SMILES string of the molecule is COc1c(Cl)cc(Cl)cc1CC(=O)NN. The fourth-order valence-corrected chi connectivity index (χ4v) is 1.81. The largest absolute Gasteiger partial charge is 0.495 e. The zero-order valence-corrected chi connectivity index (χ0v) is 9.52. The third kappa shape index (κ3) is 2.99. The molecule has 0 atom stereocenters. The molecule has 1 aromatic rings. The standard InChI is InChI=1S/C9H10Cl2N2O2/c1-15-9-5(3-8(14)13-12)2-6(10)4-7(9)11/h2,4H,3,12H2,1H3,(H,13,14). The lowest BCUT2D eigenvalue weighted by Crippen LogP contribution is -2.31. The maximum Gasteiger partial charge on any atom is 0.238 e. The summed E-state index contributed by atoms with van der Waals surface area (Å²) in [5.41, 5.74) is 2.62. The second-order valence-corrected chi connectivity index (χ2v) is 3.67. The monoisotopic (exact) mass is 248 g/mol. The van der Waals surface area contributed by atoms with Crippen molar-refractivity contribution in [3.05, 3.63) is 27.7 Å². The molecule has 0 radical (unpaired) electrons. The average Bonchev–Trinajstić information content (AvgIpc) is 2.17. The number of rotatable bonds is 3. The highest BCUT2D eigenvalue weighted by atomic mass is 35.5. The zero-order valence-electron chi connectivity index (χ0n) is 8.01. The Bertz CT molecular complexity index is 383. The van der Waals surface area contributed by atoms with Gasteiger partial charge in [-0.25, -0.2) is 5.84 Å². The summed E-state index contributed by atoms with van der Waals surface area (Å²) in [7, 11) is 1.47. The summed E-state index contributed by atoms with van der Waals surface area (Å²) in [6, 6.07) is 3.16. The number of amides is 1. The van der Waals surface area contributed by atoms with Gasteiger partial charge in [-0.2, -0.15) is 0 Å². The molecule has 0 saturated carbocycles. The molecule has 4 nitrogen and oxygen atoms in total. The van der Waals surface area contributed by atoms with Crippen LogP contribution in [0.25, 0.3) is 0 Å². The van der Waals surface area contributed by atoms with Gasteiger partial charge in [-0.15, -0.1) is 0 Å². The van der Waals surface area contributed by atoms with Crippen molar-refractivity contribution in [3.8, 4) is 5.75 Å². The maximum atomic E-state index is 11.1. The van der Waals surface area contributed by atoms with Gasteiger partial charge in [0.25, 0.3) is 0 Å². The Hall–Kier alpha value is -0.970. The number of nitrogens with two attached hydrogens (primary N) is 1. The molecule has 1 rings (SSSR count). The Balaban J connectivity index is 3.09. The van der Waals surface area contributed by atoms with E-state index < -0.39 is 0 Å². The van der Waals surface area contributed by atoms with E-state index in [0.717, 1.165) is 0 Å². The van der Waals surface area contributed by atoms with Gasteiger partial charge in [0.15, 0.2) is 0 Å². The fraction of sp³-hybridized carbons (Fsp3) is 0.222. The highest BCUT2D eigenvalue weighted by Crippen LogP contribution is 2.32. The van der Waals surface area contributed by atoms with Gasteiger partial charge in [-0.05, 0) is 12.1 Å². The van der Waals surface area contributed by atoms with Crippen molar-refractivity contribution in [2.45, 2.75) is 6.42 Å². The normalized spacial score (nSPS) is 9.87. The predicted molar refractivity (Wildman–Crippen MR) is 59.0 cm³/mol. The van der Waals surface area contributed by atoms with Crippen LogP contribution in [0.4, 0.5) is 0 Å². The lowest BCUT2D eigenvalue weighted by Gasteiger charge is -2.10. The van der Waals surface area contributed by atoms with E-state index in [1.165, 1.54) is 7.11 Å². The van der Waals surface area contributed by atoms with Crippen molar-refractivity contribution >= 4 is 29.1 Å². The van der Waals surface area contributed by atoms with E-state index in [1.807, 2.05) is 5.43 Å². The summed E-state index contributed by atoms with van der Waals surface area (Å²) in [5, 5.41) is 0.811. The second kappa shape index (κ2) is 5.21. The molecule has 15 heavy (non-hydrogen) atoms. The number of hydrogen-bond donors (Lipinski definition) is 2. The molecule has 0 aromatic heterocycles. The number of hydrazine groups is 1. The number of carbonyl (C=O) groups excluding carboxylic acids is 1. The number of halogens is 2. The summed E-state index contributed by atoms with van der Waals surface area (Å²) in [5.74, 6) is 5.07. The first-order valence-electron chi connectivity index (χ1n) is 4.09. The van der Waals surface area contributed by atoms with Gasteiger partial charge in [-0.1, -0.05) is 23.2 Å². The minimum absolute atomic E-state index is 0.0694. The first kappa shape index (κ1) is 12.1.